The Labute approximate surface area is 187 Å². The van der Waals surface area contributed by atoms with Gasteiger partial charge < -0.3 is 13.9 Å². The van der Waals surface area contributed by atoms with Crippen LogP contribution < -0.4 is 0 Å². The summed E-state index contributed by atoms with van der Waals surface area (Å²) in [6.07, 6.45) is 4.48. The zero-order chi connectivity index (χ0) is 22.7. The molecule has 0 amide bonds. The zero-order valence-corrected chi connectivity index (χ0v) is 18.7. The first-order valence-electron chi connectivity index (χ1n) is 11.2. The molecule has 0 aliphatic heterocycles. The third kappa shape index (κ3) is 4.85. The Morgan fingerprint density at radius 3 is 2.72 bits per heavy atom. The second kappa shape index (κ2) is 9.55. The molecule has 32 heavy (non-hydrogen) atoms. The molecule has 0 saturated heterocycles. The van der Waals surface area contributed by atoms with Gasteiger partial charge in [0.2, 0.25) is 0 Å². The highest BCUT2D eigenvalue weighted by Gasteiger charge is 2.33. The molecule has 168 valence electrons. The van der Waals surface area contributed by atoms with Crippen molar-refractivity contribution in [2.24, 2.45) is 17.8 Å². The summed E-state index contributed by atoms with van der Waals surface area (Å²) in [7, 11) is 0. The van der Waals surface area contributed by atoms with Crippen LogP contribution in [0.1, 0.15) is 50.4 Å². The van der Waals surface area contributed by atoms with E-state index >= 15 is 0 Å². The van der Waals surface area contributed by atoms with Gasteiger partial charge in [0.15, 0.2) is 12.4 Å². The van der Waals surface area contributed by atoms with Crippen LogP contribution in [0.25, 0.3) is 22.4 Å². The number of carbonyl (C=O) groups excluding carboxylic acids is 2. The molecule has 3 unspecified atom stereocenters. The molecule has 2 heterocycles. The number of furan rings is 1. The lowest BCUT2D eigenvalue weighted by molar-refractivity contribution is -0.159. The average molecular weight is 436 g/mol. The summed E-state index contributed by atoms with van der Waals surface area (Å²) in [5.41, 5.74) is 1.51. The molecule has 0 spiro atoms. The van der Waals surface area contributed by atoms with E-state index in [1.807, 2.05) is 18.2 Å². The van der Waals surface area contributed by atoms with Crippen molar-refractivity contribution in [1.29, 1.82) is 0 Å². The molecule has 3 atom stereocenters. The molecule has 1 fully saturated rings. The zero-order valence-electron chi connectivity index (χ0n) is 18.7. The highest BCUT2D eigenvalue weighted by molar-refractivity contribution is 6.04. The van der Waals surface area contributed by atoms with Crippen molar-refractivity contribution in [1.82, 2.24) is 4.98 Å². The Balaban J connectivity index is 1.47. The third-order valence-electron chi connectivity index (χ3n) is 6.27. The van der Waals surface area contributed by atoms with Crippen LogP contribution in [0.5, 0.6) is 0 Å². The molecule has 1 aliphatic carbocycles. The van der Waals surface area contributed by atoms with Crippen LogP contribution in [-0.2, 0) is 14.3 Å². The molecule has 1 saturated carbocycles. The van der Waals surface area contributed by atoms with E-state index in [0.29, 0.717) is 45.7 Å². The molecular weight excluding hydrogens is 406 g/mol. The predicted molar refractivity (Wildman–Crippen MR) is 121 cm³/mol. The summed E-state index contributed by atoms with van der Waals surface area (Å²) in [5.74, 6) is 0.749. The molecule has 1 aromatic carbocycles. The quantitative estimate of drug-likeness (QED) is 0.465. The standard InChI is InChI=1S/C26H29NO5/c1-16(2)18-11-10-17(3)13-24(18)32-25(28)15-31-26(29)20-14-22(23-9-6-12-30-23)27-21-8-5-4-7-19(20)21/h4-9,12,14,16-18,24H,10-11,13,15H2,1-3H3. The Bertz CT molecular complexity index is 1090. The number of nitrogens with zero attached hydrogens (tertiary/aromatic N) is 1. The SMILES string of the molecule is CC1CCC(C(C)C)C(OC(=O)COC(=O)c2cc(-c3ccco3)nc3ccccc23)C1. The van der Waals surface area contributed by atoms with Crippen LogP contribution in [0.4, 0.5) is 0 Å². The highest BCUT2D eigenvalue weighted by atomic mass is 16.6. The number of ether oxygens (including phenoxy) is 2. The fourth-order valence-corrected chi connectivity index (χ4v) is 4.55. The number of esters is 2. The van der Waals surface area contributed by atoms with E-state index in [9.17, 15) is 9.59 Å². The molecule has 2 aromatic heterocycles. The van der Waals surface area contributed by atoms with E-state index in [4.69, 9.17) is 13.9 Å². The first-order valence-corrected chi connectivity index (χ1v) is 11.2. The maximum absolute atomic E-state index is 12.9. The summed E-state index contributed by atoms with van der Waals surface area (Å²) in [6.45, 7) is 6.09. The number of rotatable bonds is 6. The lowest BCUT2D eigenvalue weighted by atomic mass is 9.75. The van der Waals surface area contributed by atoms with Gasteiger partial charge in [-0.05, 0) is 54.9 Å². The molecule has 6 heteroatoms. The van der Waals surface area contributed by atoms with Crippen LogP contribution in [0.15, 0.2) is 53.1 Å². The first-order chi connectivity index (χ1) is 15.4. The Morgan fingerprint density at radius 1 is 1.16 bits per heavy atom. The van der Waals surface area contributed by atoms with Crippen molar-refractivity contribution < 1.29 is 23.5 Å². The monoisotopic (exact) mass is 435 g/mol. The summed E-state index contributed by atoms with van der Waals surface area (Å²) in [5, 5.41) is 0.655. The number of fused-ring (bicyclic) bond motifs is 1. The topological polar surface area (TPSA) is 78.6 Å². The minimum absolute atomic E-state index is 0.128. The molecular formula is C26H29NO5. The lowest BCUT2D eigenvalue weighted by Crippen LogP contribution is -2.36. The molecule has 4 rings (SSSR count). The van der Waals surface area contributed by atoms with Gasteiger partial charge >= 0.3 is 11.9 Å². The largest absolute Gasteiger partial charge is 0.463 e. The first kappa shape index (κ1) is 22.1. The summed E-state index contributed by atoms with van der Waals surface area (Å²) in [4.78, 5) is 30.0. The van der Waals surface area contributed by atoms with Crippen molar-refractivity contribution in [3.05, 3.63) is 54.3 Å². The van der Waals surface area contributed by atoms with Crippen LogP contribution in [0.2, 0.25) is 0 Å². The smallest absolute Gasteiger partial charge is 0.344 e. The van der Waals surface area contributed by atoms with Gasteiger partial charge in [-0.15, -0.1) is 0 Å². The molecule has 6 nitrogen and oxygen atoms in total. The minimum atomic E-state index is -0.592. The van der Waals surface area contributed by atoms with Crippen molar-refractivity contribution >= 4 is 22.8 Å². The number of hydrogen-bond acceptors (Lipinski definition) is 6. The lowest BCUT2D eigenvalue weighted by Gasteiger charge is -2.36. The van der Waals surface area contributed by atoms with Gasteiger partial charge in [-0.25, -0.2) is 14.6 Å². The number of benzene rings is 1. The maximum atomic E-state index is 12.9. The summed E-state index contributed by atoms with van der Waals surface area (Å²) in [6, 6.07) is 12.5. The second-order valence-corrected chi connectivity index (χ2v) is 8.98. The average Bonchev–Trinajstić information content (AvgIpc) is 3.31. The van der Waals surface area contributed by atoms with E-state index < -0.39 is 18.5 Å². The van der Waals surface area contributed by atoms with Gasteiger partial charge in [0.05, 0.1) is 17.3 Å². The van der Waals surface area contributed by atoms with Gasteiger partial charge in [-0.1, -0.05) is 45.4 Å². The van der Waals surface area contributed by atoms with Crippen LogP contribution >= 0.6 is 0 Å². The number of aromatic nitrogens is 1. The maximum Gasteiger partial charge on any atom is 0.344 e. The van der Waals surface area contributed by atoms with Gasteiger partial charge in [-0.3, -0.25) is 0 Å². The highest BCUT2D eigenvalue weighted by Crippen LogP contribution is 2.35. The second-order valence-electron chi connectivity index (χ2n) is 8.98. The van der Waals surface area contributed by atoms with Gasteiger partial charge in [0.25, 0.3) is 0 Å². The van der Waals surface area contributed by atoms with Gasteiger partial charge in [-0.2, -0.15) is 0 Å². The normalized spacial score (nSPS) is 20.9. The fraction of sp³-hybridized carbons (Fsp3) is 0.423. The van der Waals surface area contributed by atoms with Crippen LogP contribution in [0.3, 0.4) is 0 Å². The predicted octanol–water partition coefficient (Wildman–Crippen LogP) is 5.66. The number of carbonyl (C=O) groups is 2. The molecule has 0 N–H and O–H groups in total. The minimum Gasteiger partial charge on any atom is -0.463 e. The molecule has 3 aromatic rings. The summed E-state index contributed by atoms with van der Waals surface area (Å²) < 4.78 is 16.5. The number of para-hydroxylation sites is 1. The van der Waals surface area contributed by atoms with E-state index in [-0.39, 0.29) is 6.10 Å². The van der Waals surface area contributed by atoms with Gasteiger partial charge in [0.1, 0.15) is 11.8 Å². The van der Waals surface area contributed by atoms with Gasteiger partial charge in [0, 0.05) is 5.39 Å². The number of hydrogen-bond donors (Lipinski definition) is 0. The van der Waals surface area contributed by atoms with E-state index in [1.54, 1.807) is 30.5 Å². The van der Waals surface area contributed by atoms with Crippen LogP contribution in [-0.4, -0.2) is 29.6 Å². The molecule has 0 bridgehead atoms. The van der Waals surface area contributed by atoms with Crippen molar-refractivity contribution in [2.45, 2.75) is 46.1 Å². The van der Waals surface area contributed by atoms with E-state index in [0.717, 1.165) is 19.3 Å². The molecule has 1 aliphatic rings. The number of pyridine rings is 1. The van der Waals surface area contributed by atoms with E-state index in [1.165, 1.54) is 0 Å². The van der Waals surface area contributed by atoms with Crippen molar-refractivity contribution in [3.63, 3.8) is 0 Å². The van der Waals surface area contributed by atoms with Crippen LogP contribution in [0, 0.1) is 17.8 Å². The third-order valence-corrected chi connectivity index (χ3v) is 6.27. The summed E-state index contributed by atoms with van der Waals surface area (Å²) >= 11 is 0. The van der Waals surface area contributed by atoms with Crippen molar-refractivity contribution in [3.8, 4) is 11.5 Å². The van der Waals surface area contributed by atoms with Crippen molar-refractivity contribution in [2.75, 3.05) is 6.61 Å². The Hall–Kier alpha value is -3.15. The fourth-order valence-electron chi connectivity index (χ4n) is 4.55. The van der Waals surface area contributed by atoms with E-state index in [2.05, 4.69) is 25.8 Å². The Morgan fingerprint density at radius 2 is 1.97 bits per heavy atom. The Kier molecular flexibility index (Phi) is 6.58. The molecule has 0 radical (unpaired) electrons.